The van der Waals surface area contributed by atoms with Crippen molar-refractivity contribution in [2.24, 2.45) is 0 Å². The maximum Gasteiger partial charge on any atom is 0.378 e. The number of hydrogen-bond donors (Lipinski definition) is 2. The lowest BCUT2D eigenvalue weighted by Gasteiger charge is -2.30. The van der Waals surface area contributed by atoms with Gasteiger partial charge in [-0.25, -0.2) is 0 Å². The number of carbonyl (C=O) groups is 1. The maximum atomic E-state index is 11.3. The SMILES string of the molecule is C[P+](=O)C1OC(CN2C=CC(=O)NC2O)CS1. The number of aliphatic hydroxyl groups is 1. The van der Waals surface area contributed by atoms with E-state index < -0.39 is 14.2 Å². The van der Waals surface area contributed by atoms with Crippen molar-refractivity contribution in [2.75, 3.05) is 19.0 Å². The fraction of sp³-hybridized carbons (Fsp3) is 0.667. The molecule has 4 atom stereocenters. The number of hydrogen-bond acceptors (Lipinski definition) is 6. The minimum absolute atomic E-state index is 0.0850. The Morgan fingerprint density at radius 2 is 2.53 bits per heavy atom. The number of nitrogens with one attached hydrogen (secondary N) is 1. The first-order valence-electron chi connectivity index (χ1n) is 5.16. The Morgan fingerprint density at radius 1 is 1.76 bits per heavy atom. The van der Waals surface area contributed by atoms with Gasteiger partial charge < -0.3 is 20.1 Å². The molecule has 17 heavy (non-hydrogen) atoms. The molecule has 0 spiro atoms. The number of nitrogens with zero attached hydrogens (tertiary/aromatic N) is 1. The summed E-state index contributed by atoms with van der Waals surface area (Å²) in [5, 5.41) is 11.7. The van der Waals surface area contributed by atoms with E-state index in [1.54, 1.807) is 11.6 Å². The number of thioether (sulfide) groups is 1. The Hall–Kier alpha value is -0.620. The minimum atomic E-state index is -1.35. The van der Waals surface area contributed by atoms with E-state index in [0.29, 0.717) is 6.54 Å². The van der Waals surface area contributed by atoms with Crippen LogP contribution in [0.3, 0.4) is 0 Å². The number of amides is 1. The molecule has 2 aliphatic heterocycles. The highest BCUT2D eigenvalue weighted by molar-refractivity contribution is 8.04. The van der Waals surface area contributed by atoms with E-state index in [4.69, 9.17) is 4.74 Å². The van der Waals surface area contributed by atoms with E-state index in [1.807, 2.05) is 0 Å². The molecule has 2 aliphatic rings. The minimum Gasteiger partial charge on any atom is -0.356 e. The second-order valence-electron chi connectivity index (χ2n) is 3.84. The summed E-state index contributed by atoms with van der Waals surface area (Å²) in [6, 6.07) is 0. The first kappa shape index (κ1) is 12.8. The van der Waals surface area contributed by atoms with Crippen molar-refractivity contribution in [3.05, 3.63) is 12.3 Å². The van der Waals surface area contributed by atoms with Gasteiger partial charge in [-0.3, -0.25) is 4.79 Å². The van der Waals surface area contributed by atoms with Crippen molar-refractivity contribution < 1.29 is 19.2 Å². The number of aliphatic hydroxyl groups excluding tert-OH is 1. The monoisotopic (exact) mass is 277 g/mol. The highest BCUT2D eigenvalue weighted by atomic mass is 32.2. The van der Waals surface area contributed by atoms with Crippen LogP contribution in [0.25, 0.3) is 0 Å². The fourth-order valence-corrected chi connectivity index (χ4v) is 3.86. The quantitative estimate of drug-likeness (QED) is 0.711. The molecule has 1 fully saturated rings. The number of carbonyl (C=O) groups excluding carboxylic acids is 1. The Bertz CT molecular complexity index is 365. The summed E-state index contributed by atoms with van der Waals surface area (Å²) in [5.41, 5.74) is 0. The van der Waals surface area contributed by atoms with Gasteiger partial charge in [-0.2, -0.15) is 0 Å². The van der Waals surface area contributed by atoms with E-state index in [2.05, 4.69) is 5.32 Å². The molecule has 0 radical (unpaired) electrons. The van der Waals surface area contributed by atoms with Gasteiger partial charge >= 0.3 is 13.0 Å². The maximum absolute atomic E-state index is 11.3. The summed E-state index contributed by atoms with van der Waals surface area (Å²) in [4.78, 5) is 12.5. The molecule has 0 aromatic rings. The predicted octanol–water partition coefficient (Wildman–Crippen LogP) is 0.0806. The lowest BCUT2D eigenvalue weighted by molar-refractivity contribution is -0.125. The third-order valence-corrected chi connectivity index (χ3v) is 5.46. The van der Waals surface area contributed by atoms with Crippen LogP contribution >= 0.6 is 19.6 Å². The predicted molar refractivity (Wildman–Crippen MR) is 64.6 cm³/mol. The van der Waals surface area contributed by atoms with E-state index in [0.717, 1.165) is 5.75 Å². The van der Waals surface area contributed by atoms with Crippen LogP contribution < -0.4 is 5.32 Å². The Morgan fingerprint density at radius 3 is 3.12 bits per heavy atom. The average Bonchev–Trinajstić information content (AvgIpc) is 2.71. The zero-order chi connectivity index (χ0) is 12.4. The molecule has 6 nitrogen and oxygen atoms in total. The van der Waals surface area contributed by atoms with Gasteiger partial charge in [0.15, 0.2) is 0 Å². The summed E-state index contributed by atoms with van der Waals surface area (Å²) in [6.07, 6.45) is 1.79. The van der Waals surface area contributed by atoms with Gasteiger partial charge in [0.2, 0.25) is 12.3 Å². The molecule has 4 unspecified atom stereocenters. The van der Waals surface area contributed by atoms with Crippen molar-refractivity contribution in [3.63, 3.8) is 0 Å². The molecule has 2 N–H and O–H groups in total. The van der Waals surface area contributed by atoms with Gasteiger partial charge in [0.1, 0.15) is 6.66 Å². The summed E-state index contributed by atoms with van der Waals surface area (Å²) in [7, 11) is -1.35. The summed E-state index contributed by atoms with van der Waals surface area (Å²) in [6.45, 7) is 2.11. The molecule has 0 aromatic carbocycles. The van der Waals surface area contributed by atoms with Crippen molar-refractivity contribution in [1.29, 1.82) is 0 Å². The van der Waals surface area contributed by atoms with E-state index >= 15 is 0 Å². The highest BCUT2D eigenvalue weighted by Crippen LogP contribution is 2.40. The summed E-state index contributed by atoms with van der Waals surface area (Å²) < 4.78 is 16.8. The van der Waals surface area contributed by atoms with Crippen molar-refractivity contribution in [3.8, 4) is 0 Å². The number of ether oxygens (including phenoxy) is 1. The van der Waals surface area contributed by atoms with E-state index in [9.17, 15) is 14.5 Å². The van der Waals surface area contributed by atoms with Crippen LogP contribution in [0.15, 0.2) is 12.3 Å². The van der Waals surface area contributed by atoms with Gasteiger partial charge in [0, 0.05) is 24.6 Å². The highest BCUT2D eigenvalue weighted by Gasteiger charge is 2.38. The molecule has 1 saturated heterocycles. The molecular formula is C9H14N2O4PS+. The third kappa shape index (κ3) is 3.19. The lowest BCUT2D eigenvalue weighted by Crippen LogP contribution is -2.50. The van der Waals surface area contributed by atoms with Crippen LogP contribution in [0.5, 0.6) is 0 Å². The lowest BCUT2D eigenvalue weighted by atomic mass is 10.3. The molecule has 1 amide bonds. The molecular weight excluding hydrogens is 263 g/mol. The molecule has 0 aromatic heterocycles. The van der Waals surface area contributed by atoms with Crippen LogP contribution in [0.2, 0.25) is 0 Å². The van der Waals surface area contributed by atoms with Gasteiger partial charge in [-0.05, 0) is 0 Å². The van der Waals surface area contributed by atoms with Crippen LogP contribution in [-0.2, 0) is 14.1 Å². The molecule has 94 valence electrons. The summed E-state index contributed by atoms with van der Waals surface area (Å²) >= 11 is 1.52. The van der Waals surface area contributed by atoms with Gasteiger partial charge in [-0.1, -0.05) is 16.3 Å². The van der Waals surface area contributed by atoms with Crippen LogP contribution in [0.4, 0.5) is 0 Å². The van der Waals surface area contributed by atoms with Crippen LogP contribution in [-0.4, -0.2) is 52.5 Å². The molecule has 2 heterocycles. The zero-order valence-corrected chi connectivity index (χ0v) is 11.0. The second kappa shape index (κ2) is 5.35. The van der Waals surface area contributed by atoms with Crippen molar-refractivity contribution in [1.82, 2.24) is 10.2 Å². The topological polar surface area (TPSA) is 78.9 Å². The Balaban J connectivity index is 1.88. The van der Waals surface area contributed by atoms with Gasteiger partial charge in [-0.15, -0.1) is 0 Å². The number of rotatable bonds is 3. The van der Waals surface area contributed by atoms with Crippen molar-refractivity contribution in [2.45, 2.75) is 17.6 Å². The largest absolute Gasteiger partial charge is 0.378 e. The van der Waals surface area contributed by atoms with Gasteiger partial charge in [0.05, 0.1) is 6.10 Å². The molecule has 8 heteroatoms. The van der Waals surface area contributed by atoms with Crippen LogP contribution in [0.1, 0.15) is 0 Å². The van der Waals surface area contributed by atoms with E-state index in [-0.39, 0.29) is 17.2 Å². The first-order valence-corrected chi connectivity index (χ1v) is 7.98. The average molecular weight is 277 g/mol. The summed E-state index contributed by atoms with van der Waals surface area (Å²) in [5.74, 6) is 0.426. The van der Waals surface area contributed by atoms with E-state index in [1.165, 1.54) is 24.0 Å². The second-order valence-corrected chi connectivity index (χ2v) is 6.85. The third-order valence-electron chi connectivity index (χ3n) is 2.45. The normalized spacial score (nSPS) is 33.8. The molecule has 2 rings (SSSR count). The standard InChI is InChI=1S/C9H13N2O4PS/c1-16(14)9-15-6(5-17-9)4-11-3-2-7(12)10-8(11)13/h2-3,6,8-9,13H,4-5H2,1H3/p+1. The molecule has 0 saturated carbocycles. The molecule has 0 bridgehead atoms. The first-order chi connectivity index (χ1) is 8.06. The Kier molecular flexibility index (Phi) is 4.04. The Labute approximate surface area is 104 Å². The fourth-order valence-electron chi connectivity index (χ4n) is 1.62. The zero-order valence-electron chi connectivity index (χ0n) is 9.28. The van der Waals surface area contributed by atoms with Crippen LogP contribution in [0, 0.1) is 0 Å². The van der Waals surface area contributed by atoms with Crippen molar-refractivity contribution >= 4 is 25.5 Å². The smallest absolute Gasteiger partial charge is 0.356 e. The van der Waals surface area contributed by atoms with Gasteiger partial charge in [0.25, 0.3) is 0 Å². The molecule has 0 aliphatic carbocycles.